The van der Waals surface area contributed by atoms with E-state index in [1.54, 1.807) is 0 Å². The lowest BCUT2D eigenvalue weighted by Gasteiger charge is -2.07. The molecule has 0 saturated carbocycles. The third-order valence-corrected chi connectivity index (χ3v) is 3.16. The summed E-state index contributed by atoms with van der Waals surface area (Å²) in [6.07, 6.45) is 0. The van der Waals surface area contributed by atoms with E-state index in [0.717, 1.165) is 0 Å². The van der Waals surface area contributed by atoms with Gasteiger partial charge in [-0.1, -0.05) is 0 Å². The lowest BCUT2D eigenvalue weighted by molar-refractivity contribution is -0.0500. The number of alkyl halides is 5. The molecule has 0 rings (SSSR count). The van der Waals surface area contributed by atoms with Crippen molar-refractivity contribution in [3.8, 4) is 0 Å². The standard InChI is InChI=1S/C2HF5O5S2/c3-1(4)13(8,9)12-14(10,11)2(5,6)7/h1H. The number of hydrogen-bond acceptors (Lipinski definition) is 5. The molecule has 0 radical (unpaired) electrons. The maximum absolute atomic E-state index is 11.4. The Morgan fingerprint density at radius 3 is 1.57 bits per heavy atom. The normalized spacial score (nSPS) is 14.7. The third kappa shape index (κ3) is 3.02. The van der Waals surface area contributed by atoms with Crippen molar-refractivity contribution in [1.82, 2.24) is 0 Å². The van der Waals surface area contributed by atoms with E-state index in [1.807, 2.05) is 0 Å². The summed E-state index contributed by atoms with van der Waals surface area (Å²) in [5.74, 6) is -4.38. The lowest BCUT2D eigenvalue weighted by Crippen LogP contribution is -2.30. The van der Waals surface area contributed by atoms with Gasteiger partial charge in [0, 0.05) is 0 Å². The van der Waals surface area contributed by atoms with Gasteiger partial charge in [-0.05, 0) is 0 Å². The van der Waals surface area contributed by atoms with Crippen LogP contribution in [0.2, 0.25) is 0 Å². The largest absolute Gasteiger partial charge is 0.524 e. The monoisotopic (exact) mass is 264 g/mol. The molecule has 0 aliphatic rings. The van der Waals surface area contributed by atoms with Crippen LogP contribution in [0.4, 0.5) is 22.0 Å². The minimum atomic E-state index is -6.57. The highest BCUT2D eigenvalue weighted by Crippen LogP contribution is 2.27. The fraction of sp³-hybridized carbons (Fsp3) is 1.00. The Morgan fingerprint density at radius 1 is 1.00 bits per heavy atom. The van der Waals surface area contributed by atoms with Gasteiger partial charge in [0.05, 0.1) is 0 Å². The fourth-order valence-corrected chi connectivity index (χ4v) is 1.74. The summed E-state index contributed by atoms with van der Waals surface area (Å²) < 4.78 is 99.0. The highest BCUT2D eigenvalue weighted by molar-refractivity contribution is 8.00. The maximum Gasteiger partial charge on any atom is 0.524 e. The van der Waals surface area contributed by atoms with Crippen LogP contribution < -0.4 is 0 Å². The van der Waals surface area contributed by atoms with Crippen LogP contribution in [-0.4, -0.2) is 28.1 Å². The van der Waals surface area contributed by atoms with Crippen LogP contribution in [-0.2, 0) is 23.9 Å². The zero-order chi connectivity index (χ0) is 11.8. The Kier molecular flexibility index (Phi) is 3.46. The van der Waals surface area contributed by atoms with Crippen LogP contribution in [0.1, 0.15) is 0 Å². The Balaban J connectivity index is 5.09. The highest BCUT2D eigenvalue weighted by Gasteiger charge is 2.51. The molecule has 5 nitrogen and oxygen atoms in total. The first-order chi connectivity index (χ1) is 5.90. The van der Waals surface area contributed by atoms with Crippen LogP contribution in [0.5, 0.6) is 0 Å². The average Bonchev–Trinajstić information content (AvgIpc) is 1.80. The summed E-state index contributed by atoms with van der Waals surface area (Å²) in [6.45, 7) is 0. The molecule has 0 aliphatic heterocycles. The molecule has 0 spiro atoms. The molecule has 0 aromatic carbocycles. The molecule has 0 heterocycles. The molecule has 0 amide bonds. The van der Waals surface area contributed by atoms with Crippen molar-refractivity contribution in [3.63, 3.8) is 0 Å². The van der Waals surface area contributed by atoms with Crippen molar-refractivity contribution in [2.45, 2.75) is 11.3 Å². The van der Waals surface area contributed by atoms with E-state index in [2.05, 4.69) is 3.63 Å². The second kappa shape index (κ2) is 3.58. The Morgan fingerprint density at radius 2 is 1.36 bits per heavy atom. The minimum Gasteiger partial charge on any atom is -0.192 e. The second-order valence-corrected chi connectivity index (χ2v) is 4.98. The molecule has 0 aromatic heterocycles. The van der Waals surface area contributed by atoms with E-state index >= 15 is 0 Å². The SMILES string of the molecule is O=S(=O)(OS(=O)(=O)C(F)(F)F)C(F)F. The quantitative estimate of drug-likeness (QED) is 0.544. The van der Waals surface area contributed by atoms with Crippen LogP contribution in [0.25, 0.3) is 0 Å². The molecule has 12 heteroatoms. The van der Waals surface area contributed by atoms with Gasteiger partial charge in [0.2, 0.25) is 0 Å². The van der Waals surface area contributed by atoms with Crippen LogP contribution in [0.15, 0.2) is 0 Å². The van der Waals surface area contributed by atoms with E-state index in [4.69, 9.17) is 0 Å². The van der Waals surface area contributed by atoms with E-state index in [9.17, 15) is 38.8 Å². The number of halogens is 5. The van der Waals surface area contributed by atoms with Gasteiger partial charge in [0.15, 0.2) is 0 Å². The summed E-state index contributed by atoms with van der Waals surface area (Å²) in [5.41, 5.74) is -6.07. The predicted octanol–water partition coefficient (Wildman–Crippen LogP) is 0.405. The number of hydrogen-bond donors (Lipinski definition) is 0. The fourth-order valence-electron chi connectivity index (χ4n) is 0.193. The van der Waals surface area contributed by atoms with Crippen molar-refractivity contribution in [3.05, 3.63) is 0 Å². The van der Waals surface area contributed by atoms with E-state index in [1.165, 1.54) is 0 Å². The van der Waals surface area contributed by atoms with Gasteiger partial charge in [-0.3, -0.25) is 0 Å². The van der Waals surface area contributed by atoms with Crippen molar-refractivity contribution in [2.75, 3.05) is 0 Å². The van der Waals surface area contributed by atoms with E-state index in [0.29, 0.717) is 0 Å². The first-order valence-electron chi connectivity index (χ1n) is 2.44. The van der Waals surface area contributed by atoms with Gasteiger partial charge in [-0.25, -0.2) is 0 Å². The van der Waals surface area contributed by atoms with Crippen LogP contribution in [0.3, 0.4) is 0 Å². The van der Waals surface area contributed by atoms with Crippen molar-refractivity contribution < 1.29 is 42.4 Å². The van der Waals surface area contributed by atoms with Gasteiger partial charge in [-0.15, -0.1) is 3.63 Å². The van der Waals surface area contributed by atoms with Crippen molar-refractivity contribution in [1.29, 1.82) is 0 Å². The first-order valence-corrected chi connectivity index (χ1v) is 5.32. The molecule has 0 atom stereocenters. The molecule has 86 valence electrons. The molecule has 14 heavy (non-hydrogen) atoms. The van der Waals surface area contributed by atoms with Gasteiger partial charge in [-0.2, -0.15) is 38.8 Å². The Hall–Kier alpha value is -0.490. The highest BCUT2D eigenvalue weighted by atomic mass is 32.3. The van der Waals surface area contributed by atoms with Crippen molar-refractivity contribution in [2.24, 2.45) is 0 Å². The number of rotatable bonds is 3. The molecule has 0 aromatic rings. The van der Waals surface area contributed by atoms with Crippen LogP contribution in [0, 0.1) is 0 Å². The smallest absolute Gasteiger partial charge is 0.192 e. The van der Waals surface area contributed by atoms with Crippen molar-refractivity contribution >= 4 is 20.2 Å². The zero-order valence-corrected chi connectivity index (χ0v) is 7.46. The molecular weight excluding hydrogens is 263 g/mol. The van der Waals surface area contributed by atoms with Gasteiger partial charge in [0.1, 0.15) is 0 Å². The first kappa shape index (κ1) is 13.5. The summed E-state index contributed by atoms with van der Waals surface area (Å²) in [7, 11) is -12.6. The van der Waals surface area contributed by atoms with Gasteiger partial charge < -0.3 is 0 Å². The molecule has 0 fully saturated rings. The zero-order valence-electron chi connectivity index (χ0n) is 5.82. The predicted molar refractivity (Wildman–Crippen MR) is 31.0 cm³/mol. The van der Waals surface area contributed by atoms with Gasteiger partial charge >= 0.3 is 31.5 Å². The summed E-state index contributed by atoms with van der Waals surface area (Å²) >= 11 is 0. The minimum absolute atomic E-state index is 2.32. The second-order valence-electron chi connectivity index (χ2n) is 1.72. The summed E-state index contributed by atoms with van der Waals surface area (Å²) in [5, 5.41) is 0. The molecular formula is C2HF5O5S2. The molecule has 0 aliphatic carbocycles. The molecule has 0 unspecified atom stereocenters. The van der Waals surface area contributed by atoms with E-state index < -0.39 is 31.5 Å². The summed E-state index contributed by atoms with van der Waals surface area (Å²) in [4.78, 5) is 0. The summed E-state index contributed by atoms with van der Waals surface area (Å²) in [6, 6.07) is 0. The topological polar surface area (TPSA) is 77.5 Å². The average molecular weight is 264 g/mol. The van der Waals surface area contributed by atoms with E-state index in [-0.39, 0.29) is 0 Å². The van der Waals surface area contributed by atoms with Crippen LogP contribution >= 0.6 is 0 Å². The maximum atomic E-state index is 11.4. The molecule has 0 bridgehead atoms. The third-order valence-electron chi connectivity index (χ3n) is 0.686. The molecule has 0 saturated heterocycles. The lowest BCUT2D eigenvalue weighted by atomic mass is 11.6. The Bertz CT molecular complexity index is 388. The Labute approximate surface area is 74.7 Å². The van der Waals surface area contributed by atoms with Gasteiger partial charge in [0.25, 0.3) is 0 Å². The molecule has 0 N–H and O–H groups in total.